The van der Waals surface area contributed by atoms with Gasteiger partial charge in [-0.25, -0.2) is 0 Å². The minimum atomic E-state index is 0.380. The second-order valence-corrected chi connectivity index (χ2v) is 6.59. The summed E-state index contributed by atoms with van der Waals surface area (Å²) in [5.41, 5.74) is 4.11. The van der Waals surface area contributed by atoms with Gasteiger partial charge in [0.2, 0.25) is 0 Å². The Bertz CT molecular complexity index is 445. The molecule has 3 nitrogen and oxygen atoms in total. The van der Waals surface area contributed by atoms with Gasteiger partial charge in [0, 0.05) is 32.4 Å². The number of ether oxygens (including phenoxy) is 1. The van der Waals surface area contributed by atoms with Crippen molar-refractivity contribution in [2.24, 2.45) is 5.92 Å². The maximum atomic E-state index is 5.53. The van der Waals surface area contributed by atoms with E-state index in [0.29, 0.717) is 12.0 Å². The molecule has 1 aromatic carbocycles. The third-order valence-corrected chi connectivity index (χ3v) is 4.20. The van der Waals surface area contributed by atoms with Gasteiger partial charge in [-0.2, -0.15) is 0 Å². The maximum Gasteiger partial charge on any atom is 0.0746 e. The highest BCUT2D eigenvalue weighted by molar-refractivity contribution is 5.55. The standard InChI is InChI=1S/C18H30N2O/c1-14(2)11-19-12-16-7-8-18(15(3)10-16)20-9-5-6-17(13-20)21-4/h7-8,10,14,17,19H,5-6,9,11-13H2,1-4H3. The summed E-state index contributed by atoms with van der Waals surface area (Å²) in [7, 11) is 1.82. The summed E-state index contributed by atoms with van der Waals surface area (Å²) < 4.78 is 5.53. The smallest absolute Gasteiger partial charge is 0.0746 e. The molecule has 0 amide bonds. The van der Waals surface area contributed by atoms with Gasteiger partial charge in [-0.3, -0.25) is 0 Å². The number of hydrogen-bond acceptors (Lipinski definition) is 3. The van der Waals surface area contributed by atoms with Crippen molar-refractivity contribution in [2.45, 2.75) is 46.3 Å². The van der Waals surface area contributed by atoms with Crippen molar-refractivity contribution in [3.05, 3.63) is 29.3 Å². The molecule has 0 spiro atoms. The molecule has 0 bridgehead atoms. The molecule has 1 fully saturated rings. The van der Waals surface area contributed by atoms with Crippen molar-refractivity contribution in [1.82, 2.24) is 5.32 Å². The van der Waals surface area contributed by atoms with Crippen LogP contribution in [0.3, 0.4) is 0 Å². The van der Waals surface area contributed by atoms with Gasteiger partial charge < -0.3 is 15.0 Å². The van der Waals surface area contributed by atoms with Crippen LogP contribution in [0.5, 0.6) is 0 Å². The van der Waals surface area contributed by atoms with Crippen LogP contribution >= 0.6 is 0 Å². The summed E-state index contributed by atoms with van der Waals surface area (Å²) in [4.78, 5) is 2.47. The van der Waals surface area contributed by atoms with Crippen LogP contribution in [0.25, 0.3) is 0 Å². The number of anilines is 1. The lowest BCUT2D eigenvalue weighted by Crippen LogP contribution is -2.39. The number of benzene rings is 1. The molecule has 2 rings (SSSR count). The van der Waals surface area contributed by atoms with Crippen molar-refractivity contribution in [3.8, 4) is 0 Å². The van der Waals surface area contributed by atoms with Crippen LogP contribution in [-0.2, 0) is 11.3 Å². The molecule has 1 unspecified atom stereocenters. The lowest BCUT2D eigenvalue weighted by molar-refractivity contribution is 0.0893. The Hall–Kier alpha value is -1.06. The molecule has 0 radical (unpaired) electrons. The number of methoxy groups -OCH3 is 1. The van der Waals surface area contributed by atoms with Crippen LogP contribution in [0.15, 0.2) is 18.2 Å². The zero-order valence-corrected chi connectivity index (χ0v) is 14.0. The van der Waals surface area contributed by atoms with E-state index in [4.69, 9.17) is 4.74 Å². The van der Waals surface area contributed by atoms with Gasteiger partial charge in [0.15, 0.2) is 0 Å². The third-order valence-electron chi connectivity index (χ3n) is 4.20. The van der Waals surface area contributed by atoms with Crippen LogP contribution in [-0.4, -0.2) is 32.8 Å². The first-order chi connectivity index (χ1) is 10.1. The minimum Gasteiger partial charge on any atom is -0.380 e. The molecule has 21 heavy (non-hydrogen) atoms. The zero-order chi connectivity index (χ0) is 15.2. The first-order valence-electron chi connectivity index (χ1n) is 8.18. The molecule has 0 saturated carbocycles. The number of hydrogen-bond donors (Lipinski definition) is 1. The molecule has 1 saturated heterocycles. The van der Waals surface area contributed by atoms with E-state index >= 15 is 0 Å². The number of nitrogens with one attached hydrogen (secondary N) is 1. The quantitative estimate of drug-likeness (QED) is 0.869. The second-order valence-electron chi connectivity index (χ2n) is 6.59. The minimum absolute atomic E-state index is 0.380. The van der Waals surface area contributed by atoms with Gasteiger partial charge in [-0.1, -0.05) is 26.0 Å². The normalized spacial score (nSPS) is 19.3. The van der Waals surface area contributed by atoms with Crippen molar-refractivity contribution < 1.29 is 4.74 Å². The van der Waals surface area contributed by atoms with E-state index in [1.807, 2.05) is 7.11 Å². The maximum absolute atomic E-state index is 5.53. The Labute approximate surface area is 129 Å². The van der Waals surface area contributed by atoms with Crippen LogP contribution in [0.4, 0.5) is 5.69 Å². The Morgan fingerprint density at radius 3 is 2.86 bits per heavy atom. The highest BCUT2D eigenvalue weighted by Gasteiger charge is 2.20. The predicted octanol–water partition coefficient (Wildman–Crippen LogP) is 3.36. The van der Waals surface area contributed by atoms with E-state index in [1.54, 1.807) is 0 Å². The van der Waals surface area contributed by atoms with Crippen molar-refractivity contribution in [3.63, 3.8) is 0 Å². The molecule has 1 atom stereocenters. The van der Waals surface area contributed by atoms with E-state index < -0.39 is 0 Å². The first-order valence-corrected chi connectivity index (χ1v) is 8.18. The predicted molar refractivity (Wildman–Crippen MR) is 90.0 cm³/mol. The molecular formula is C18H30N2O. The summed E-state index contributed by atoms with van der Waals surface area (Å²) in [5.74, 6) is 0.699. The van der Waals surface area contributed by atoms with Crippen LogP contribution in [0, 0.1) is 12.8 Å². The van der Waals surface area contributed by atoms with Crippen molar-refractivity contribution in [1.29, 1.82) is 0 Å². The number of nitrogens with zero attached hydrogens (tertiary/aromatic N) is 1. The van der Waals surface area contributed by atoms with Gasteiger partial charge in [0.25, 0.3) is 0 Å². The van der Waals surface area contributed by atoms with Crippen molar-refractivity contribution >= 4 is 5.69 Å². The van der Waals surface area contributed by atoms with E-state index in [9.17, 15) is 0 Å². The monoisotopic (exact) mass is 290 g/mol. The van der Waals surface area contributed by atoms with Crippen LogP contribution in [0.2, 0.25) is 0 Å². The highest BCUT2D eigenvalue weighted by atomic mass is 16.5. The summed E-state index contributed by atoms with van der Waals surface area (Å²) in [6.45, 7) is 10.9. The first kappa shape index (κ1) is 16.3. The largest absolute Gasteiger partial charge is 0.380 e. The molecule has 1 aliphatic heterocycles. The average Bonchev–Trinajstić information content (AvgIpc) is 2.47. The molecular weight excluding hydrogens is 260 g/mol. The fraction of sp³-hybridized carbons (Fsp3) is 0.667. The molecule has 3 heteroatoms. The number of rotatable bonds is 6. The number of piperidine rings is 1. The van der Waals surface area contributed by atoms with E-state index in [-0.39, 0.29) is 0 Å². The molecule has 0 aromatic heterocycles. The molecule has 1 aromatic rings. The Morgan fingerprint density at radius 1 is 1.38 bits per heavy atom. The molecule has 118 valence electrons. The Balaban J connectivity index is 1.98. The van der Waals surface area contributed by atoms with E-state index in [2.05, 4.69) is 49.2 Å². The van der Waals surface area contributed by atoms with Gasteiger partial charge in [-0.15, -0.1) is 0 Å². The van der Waals surface area contributed by atoms with Gasteiger partial charge in [0.1, 0.15) is 0 Å². The van der Waals surface area contributed by atoms with E-state index in [0.717, 1.165) is 26.2 Å². The third kappa shape index (κ3) is 4.72. The lowest BCUT2D eigenvalue weighted by Gasteiger charge is -2.34. The van der Waals surface area contributed by atoms with Gasteiger partial charge in [0.05, 0.1) is 6.10 Å². The summed E-state index contributed by atoms with van der Waals surface area (Å²) in [6, 6.07) is 6.85. The van der Waals surface area contributed by atoms with Crippen LogP contribution in [0.1, 0.15) is 37.8 Å². The molecule has 1 N–H and O–H groups in total. The molecule has 1 aliphatic rings. The molecule has 1 heterocycles. The Kier molecular flexibility index (Phi) is 6.07. The fourth-order valence-corrected chi connectivity index (χ4v) is 3.04. The van der Waals surface area contributed by atoms with Gasteiger partial charge in [-0.05, 0) is 49.4 Å². The number of aryl methyl sites for hydroxylation is 1. The second kappa shape index (κ2) is 7.81. The summed E-state index contributed by atoms with van der Waals surface area (Å²) in [5, 5.41) is 3.51. The van der Waals surface area contributed by atoms with Crippen LogP contribution < -0.4 is 10.2 Å². The van der Waals surface area contributed by atoms with Crippen molar-refractivity contribution in [2.75, 3.05) is 31.6 Å². The summed E-state index contributed by atoms with van der Waals surface area (Å²) >= 11 is 0. The zero-order valence-electron chi connectivity index (χ0n) is 14.0. The van der Waals surface area contributed by atoms with Gasteiger partial charge >= 0.3 is 0 Å². The Morgan fingerprint density at radius 2 is 2.19 bits per heavy atom. The topological polar surface area (TPSA) is 24.5 Å². The SMILES string of the molecule is COC1CCCN(c2ccc(CNCC(C)C)cc2C)C1. The summed E-state index contributed by atoms with van der Waals surface area (Å²) in [6.07, 6.45) is 2.78. The fourth-order valence-electron chi connectivity index (χ4n) is 3.04. The van der Waals surface area contributed by atoms with E-state index in [1.165, 1.54) is 29.7 Å². The highest BCUT2D eigenvalue weighted by Crippen LogP contribution is 2.25. The molecule has 0 aliphatic carbocycles. The average molecular weight is 290 g/mol. The lowest BCUT2D eigenvalue weighted by atomic mass is 10.0.